The maximum Gasteiger partial charge on any atom is 0.408 e. The number of furan rings is 1. The van der Waals surface area contributed by atoms with Gasteiger partial charge in [-0.2, -0.15) is 0 Å². The minimum Gasteiger partial charge on any atom is -0.465 e. The lowest BCUT2D eigenvalue weighted by atomic mass is 10.1. The number of amides is 1. The molecule has 178 valence electrons. The van der Waals surface area contributed by atoms with Crippen LogP contribution >= 0.6 is 11.6 Å². The van der Waals surface area contributed by atoms with Gasteiger partial charge in [-0.3, -0.25) is 0 Å². The summed E-state index contributed by atoms with van der Waals surface area (Å²) in [6.07, 6.45) is -0.580. The van der Waals surface area contributed by atoms with Gasteiger partial charge >= 0.3 is 12.1 Å². The summed E-state index contributed by atoms with van der Waals surface area (Å²) in [6, 6.07) is 4.29. The molecule has 0 bridgehead atoms. The van der Waals surface area contributed by atoms with Crippen LogP contribution in [-0.4, -0.2) is 46.2 Å². The average Bonchev–Trinajstić information content (AvgIpc) is 3.05. The lowest BCUT2D eigenvalue weighted by Crippen LogP contribution is -2.32. The molecule has 1 heterocycles. The second-order valence-electron chi connectivity index (χ2n) is 9.52. The Kier molecular flexibility index (Phi) is 8.61. The van der Waals surface area contributed by atoms with Gasteiger partial charge < -0.3 is 28.7 Å². The van der Waals surface area contributed by atoms with Crippen molar-refractivity contribution in [2.75, 3.05) is 20.5 Å². The Hall–Kier alpha value is -2.23. The van der Waals surface area contributed by atoms with Crippen LogP contribution in [0.1, 0.15) is 36.9 Å². The van der Waals surface area contributed by atoms with Crippen LogP contribution in [0.2, 0.25) is 30.7 Å². The Balaban J connectivity index is 2.21. The minimum absolute atomic E-state index is 0.0620. The first-order chi connectivity index (χ1) is 14.8. The van der Waals surface area contributed by atoms with E-state index in [1.54, 1.807) is 32.9 Å². The first kappa shape index (κ1) is 26.0. The molecule has 0 spiro atoms. The number of esters is 1. The quantitative estimate of drug-likeness (QED) is 0.214. The predicted molar refractivity (Wildman–Crippen MR) is 125 cm³/mol. The highest BCUT2D eigenvalue weighted by atomic mass is 35.5. The van der Waals surface area contributed by atoms with Crippen molar-refractivity contribution in [3.8, 4) is 5.75 Å². The number of alkyl carbamates (subject to hydrolysis) is 1. The van der Waals surface area contributed by atoms with Crippen LogP contribution in [0, 0.1) is 0 Å². The van der Waals surface area contributed by atoms with Crippen molar-refractivity contribution in [1.29, 1.82) is 0 Å². The molecule has 0 saturated carbocycles. The third-order valence-corrected chi connectivity index (χ3v) is 6.23. The SMILES string of the molecule is COC(=O)c1c(OCOCC[Si](C)(C)C)c(Cl)cc2cc(CNC(=O)OC(C)(C)C)oc12. The fourth-order valence-electron chi connectivity index (χ4n) is 2.71. The monoisotopic (exact) mass is 485 g/mol. The third-order valence-electron chi connectivity index (χ3n) is 4.24. The van der Waals surface area contributed by atoms with Gasteiger partial charge in [0.2, 0.25) is 0 Å². The van der Waals surface area contributed by atoms with Gasteiger partial charge in [-0.05, 0) is 38.9 Å². The molecule has 0 atom stereocenters. The van der Waals surface area contributed by atoms with E-state index in [-0.39, 0.29) is 35.3 Å². The molecule has 1 N–H and O–H groups in total. The maximum atomic E-state index is 12.5. The molecule has 0 aliphatic carbocycles. The summed E-state index contributed by atoms with van der Waals surface area (Å²) in [6.45, 7) is 12.6. The molecule has 32 heavy (non-hydrogen) atoms. The van der Waals surface area contributed by atoms with E-state index in [4.69, 9.17) is 35.0 Å². The number of rotatable bonds is 9. The average molecular weight is 486 g/mol. The van der Waals surface area contributed by atoms with Crippen LogP contribution in [0.4, 0.5) is 4.79 Å². The van der Waals surface area contributed by atoms with Crippen LogP contribution in [0.5, 0.6) is 5.75 Å². The molecule has 0 aliphatic heterocycles. The number of ether oxygens (including phenoxy) is 4. The van der Waals surface area contributed by atoms with E-state index in [0.717, 1.165) is 6.04 Å². The molecule has 2 rings (SSSR count). The number of carbonyl (C=O) groups is 2. The third kappa shape index (κ3) is 7.72. The lowest BCUT2D eigenvalue weighted by molar-refractivity contribution is 0.0208. The number of hydrogen-bond donors (Lipinski definition) is 1. The van der Waals surface area contributed by atoms with Crippen LogP contribution in [0.15, 0.2) is 16.5 Å². The van der Waals surface area contributed by atoms with E-state index in [2.05, 4.69) is 25.0 Å². The van der Waals surface area contributed by atoms with Gasteiger partial charge in [0.05, 0.1) is 18.7 Å². The fourth-order valence-corrected chi connectivity index (χ4v) is 3.74. The highest BCUT2D eigenvalue weighted by Gasteiger charge is 2.25. The number of halogens is 1. The molecule has 10 heteroatoms. The first-order valence-electron chi connectivity index (χ1n) is 10.3. The van der Waals surface area contributed by atoms with Gasteiger partial charge in [-0.25, -0.2) is 9.59 Å². The summed E-state index contributed by atoms with van der Waals surface area (Å²) in [5, 5.41) is 3.41. The maximum absolute atomic E-state index is 12.5. The lowest BCUT2D eigenvalue weighted by Gasteiger charge is -2.19. The van der Waals surface area contributed by atoms with Gasteiger partial charge in [-0.15, -0.1) is 0 Å². The number of nitrogens with one attached hydrogen (secondary N) is 1. The van der Waals surface area contributed by atoms with E-state index in [0.29, 0.717) is 17.8 Å². The fraction of sp³-hybridized carbons (Fsp3) is 0.545. The Morgan fingerprint density at radius 3 is 2.47 bits per heavy atom. The molecular formula is C22H32ClNO7Si. The van der Waals surface area contributed by atoms with Gasteiger partial charge in [0.1, 0.15) is 16.9 Å². The van der Waals surface area contributed by atoms with Gasteiger partial charge in [0, 0.05) is 20.1 Å². The molecule has 0 radical (unpaired) electrons. The van der Waals surface area contributed by atoms with E-state index >= 15 is 0 Å². The second kappa shape index (κ2) is 10.6. The standard InChI is InChI=1S/C22H32ClNO7Si/c1-22(2,3)31-21(26)24-12-15-10-14-11-16(23)19(17(18(14)30-15)20(25)27-4)29-13-28-8-9-32(5,6)7/h10-11H,8-9,12-13H2,1-7H3,(H,24,26). The van der Waals surface area contributed by atoms with Crippen molar-refractivity contribution < 1.29 is 33.0 Å². The van der Waals surface area contributed by atoms with Crippen molar-refractivity contribution >= 4 is 42.7 Å². The largest absolute Gasteiger partial charge is 0.465 e. The van der Waals surface area contributed by atoms with E-state index in [1.807, 2.05) is 0 Å². The highest BCUT2D eigenvalue weighted by molar-refractivity contribution is 6.76. The normalized spacial score (nSPS) is 12.0. The van der Waals surface area contributed by atoms with E-state index in [9.17, 15) is 9.59 Å². The van der Waals surface area contributed by atoms with E-state index < -0.39 is 25.7 Å². The first-order valence-corrected chi connectivity index (χ1v) is 14.4. The topological polar surface area (TPSA) is 96.2 Å². The number of benzene rings is 1. The van der Waals surface area contributed by atoms with Gasteiger partial charge in [0.25, 0.3) is 0 Å². The molecular weight excluding hydrogens is 454 g/mol. The zero-order valence-electron chi connectivity index (χ0n) is 19.7. The smallest absolute Gasteiger partial charge is 0.408 e. The molecule has 0 saturated heterocycles. The van der Waals surface area contributed by atoms with Crippen LogP contribution in [-0.2, 0) is 20.8 Å². The number of carbonyl (C=O) groups excluding carboxylic acids is 2. The Morgan fingerprint density at radius 2 is 1.88 bits per heavy atom. The summed E-state index contributed by atoms with van der Waals surface area (Å²) >= 11 is 6.39. The minimum atomic E-state index is -1.23. The Labute approximate surface area is 194 Å². The summed E-state index contributed by atoms with van der Waals surface area (Å²) in [4.78, 5) is 24.4. The van der Waals surface area contributed by atoms with Gasteiger partial charge in [-0.1, -0.05) is 31.2 Å². The molecule has 1 aromatic carbocycles. The zero-order valence-corrected chi connectivity index (χ0v) is 21.5. The summed E-state index contributed by atoms with van der Waals surface area (Å²) in [5.41, 5.74) is -0.306. The zero-order chi connectivity index (χ0) is 24.1. The van der Waals surface area contributed by atoms with Crippen molar-refractivity contribution in [3.05, 3.63) is 28.5 Å². The van der Waals surface area contributed by atoms with Crippen molar-refractivity contribution in [2.24, 2.45) is 0 Å². The number of fused-ring (bicyclic) bond motifs is 1. The van der Waals surface area contributed by atoms with Gasteiger partial charge in [0.15, 0.2) is 18.1 Å². The molecule has 0 aliphatic rings. The summed E-state index contributed by atoms with van der Waals surface area (Å²) in [7, 11) is 0.0315. The van der Waals surface area contributed by atoms with Crippen LogP contribution in [0.3, 0.4) is 0 Å². The second-order valence-corrected chi connectivity index (χ2v) is 15.6. The van der Waals surface area contributed by atoms with Crippen LogP contribution in [0.25, 0.3) is 11.0 Å². The molecule has 1 aromatic heterocycles. The predicted octanol–water partition coefficient (Wildman–Crippen LogP) is 5.59. The molecule has 2 aromatic rings. The Morgan fingerprint density at radius 1 is 1.19 bits per heavy atom. The van der Waals surface area contributed by atoms with Crippen molar-refractivity contribution in [3.63, 3.8) is 0 Å². The molecule has 0 fully saturated rings. The number of methoxy groups -OCH3 is 1. The molecule has 1 amide bonds. The summed E-state index contributed by atoms with van der Waals surface area (Å²) in [5.74, 6) is -0.119. The molecule has 8 nitrogen and oxygen atoms in total. The Bertz CT molecular complexity index is 960. The van der Waals surface area contributed by atoms with Crippen molar-refractivity contribution in [1.82, 2.24) is 5.32 Å². The van der Waals surface area contributed by atoms with Crippen LogP contribution < -0.4 is 10.1 Å². The van der Waals surface area contributed by atoms with E-state index in [1.165, 1.54) is 7.11 Å². The number of hydrogen-bond acceptors (Lipinski definition) is 7. The highest BCUT2D eigenvalue weighted by Crippen LogP contribution is 2.37. The van der Waals surface area contributed by atoms with Crippen molar-refractivity contribution in [2.45, 2.75) is 58.6 Å². The molecule has 0 unspecified atom stereocenters. The summed E-state index contributed by atoms with van der Waals surface area (Å²) < 4.78 is 27.2.